The van der Waals surface area contributed by atoms with E-state index in [9.17, 15) is 9.59 Å². The summed E-state index contributed by atoms with van der Waals surface area (Å²) in [6.45, 7) is 8.11. The lowest BCUT2D eigenvalue weighted by molar-refractivity contribution is -0.684. The second-order valence-electron chi connectivity index (χ2n) is 7.61. The molecular formula is C21H27N2O3S+. The zero-order chi connectivity index (χ0) is 19.6. The van der Waals surface area contributed by atoms with Crippen LogP contribution in [0, 0.1) is 12.8 Å². The van der Waals surface area contributed by atoms with Gasteiger partial charge in [-0.25, -0.2) is 4.79 Å². The average Bonchev–Trinajstić information content (AvgIpc) is 2.93. The van der Waals surface area contributed by atoms with Crippen LogP contribution in [0.1, 0.15) is 53.6 Å². The van der Waals surface area contributed by atoms with E-state index in [0.29, 0.717) is 16.5 Å². The zero-order valence-electron chi connectivity index (χ0n) is 16.4. The van der Waals surface area contributed by atoms with Gasteiger partial charge in [-0.15, -0.1) is 11.3 Å². The van der Waals surface area contributed by atoms with Gasteiger partial charge in [-0.3, -0.25) is 4.79 Å². The molecular weight excluding hydrogens is 360 g/mol. The van der Waals surface area contributed by atoms with E-state index in [-0.39, 0.29) is 24.5 Å². The van der Waals surface area contributed by atoms with Gasteiger partial charge in [0.05, 0.1) is 11.7 Å². The molecule has 5 nitrogen and oxygen atoms in total. The van der Waals surface area contributed by atoms with Crippen LogP contribution in [0.4, 0.5) is 5.00 Å². The lowest BCUT2D eigenvalue weighted by Crippen LogP contribution is -2.39. The third-order valence-corrected chi connectivity index (χ3v) is 5.87. The number of thiophene rings is 1. The number of amides is 1. The first-order valence-corrected chi connectivity index (χ1v) is 10.3. The summed E-state index contributed by atoms with van der Waals surface area (Å²) in [5.74, 6) is 0.112. The van der Waals surface area contributed by atoms with E-state index >= 15 is 0 Å². The minimum atomic E-state index is -0.338. The number of ether oxygens (including phenoxy) is 1. The highest BCUT2D eigenvalue weighted by Crippen LogP contribution is 2.40. The maximum absolute atomic E-state index is 12.7. The molecule has 6 heteroatoms. The molecule has 144 valence electrons. The van der Waals surface area contributed by atoms with E-state index in [2.05, 4.69) is 12.2 Å². The van der Waals surface area contributed by atoms with Gasteiger partial charge in [0.2, 0.25) is 6.54 Å². The number of nitrogens with zero attached hydrogens (tertiary/aromatic N) is 1. The molecule has 0 saturated carbocycles. The van der Waals surface area contributed by atoms with E-state index < -0.39 is 0 Å². The maximum atomic E-state index is 12.7. The molecule has 1 N–H and O–H groups in total. The van der Waals surface area contributed by atoms with E-state index in [1.165, 1.54) is 16.2 Å². The normalized spacial score (nSPS) is 16.1. The van der Waals surface area contributed by atoms with Crippen LogP contribution in [0.3, 0.4) is 0 Å². The first kappa shape index (κ1) is 19.5. The van der Waals surface area contributed by atoms with Crippen LogP contribution in [0.25, 0.3) is 0 Å². The monoisotopic (exact) mass is 387 g/mol. The Morgan fingerprint density at radius 3 is 2.70 bits per heavy atom. The van der Waals surface area contributed by atoms with E-state index in [4.69, 9.17) is 4.74 Å². The fourth-order valence-corrected chi connectivity index (χ4v) is 4.71. The van der Waals surface area contributed by atoms with Gasteiger partial charge in [0.1, 0.15) is 5.00 Å². The van der Waals surface area contributed by atoms with Crippen molar-refractivity contribution in [3.8, 4) is 0 Å². The molecule has 0 bridgehead atoms. The Hall–Kier alpha value is -2.21. The molecule has 0 aromatic carbocycles. The van der Waals surface area contributed by atoms with Crippen molar-refractivity contribution in [2.24, 2.45) is 5.92 Å². The van der Waals surface area contributed by atoms with Crippen molar-refractivity contribution in [2.45, 2.75) is 59.6 Å². The Bertz CT molecular complexity index is 840. The largest absolute Gasteiger partial charge is 0.459 e. The van der Waals surface area contributed by atoms with E-state index in [1.807, 2.05) is 49.9 Å². The number of anilines is 1. The zero-order valence-corrected chi connectivity index (χ0v) is 17.2. The Kier molecular flexibility index (Phi) is 5.95. The highest BCUT2D eigenvalue weighted by molar-refractivity contribution is 7.17. The van der Waals surface area contributed by atoms with Crippen molar-refractivity contribution in [2.75, 3.05) is 5.32 Å². The SMILES string of the molecule is Cc1cc[n+](CC(=O)Nc2sc3c(c2C(=O)OC(C)C)CC[C@H](C)C3)cc1. The fourth-order valence-electron chi connectivity index (χ4n) is 3.30. The number of fused-ring (bicyclic) bond motifs is 1. The number of carbonyl (C=O) groups excluding carboxylic acids is 2. The summed E-state index contributed by atoms with van der Waals surface area (Å²) in [4.78, 5) is 26.5. The van der Waals surface area contributed by atoms with E-state index in [0.717, 1.165) is 30.4 Å². The number of nitrogens with one attached hydrogen (secondary N) is 1. The van der Waals surface area contributed by atoms with Crippen LogP contribution in [0.5, 0.6) is 0 Å². The van der Waals surface area contributed by atoms with Gasteiger partial charge in [-0.2, -0.15) is 4.57 Å². The van der Waals surface area contributed by atoms with Crippen molar-refractivity contribution in [1.29, 1.82) is 0 Å². The predicted octanol–water partition coefficient (Wildman–Crippen LogP) is 3.67. The smallest absolute Gasteiger partial charge is 0.341 e. The number of pyridine rings is 1. The van der Waals surface area contributed by atoms with Crippen molar-refractivity contribution in [3.05, 3.63) is 46.1 Å². The molecule has 1 amide bonds. The van der Waals surface area contributed by atoms with Gasteiger partial charge in [0.15, 0.2) is 12.4 Å². The number of rotatable bonds is 5. The van der Waals surface area contributed by atoms with Crippen molar-refractivity contribution >= 4 is 28.2 Å². The second-order valence-corrected chi connectivity index (χ2v) is 8.71. The minimum absolute atomic E-state index is 0.144. The first-order valence-electron chi connectivity index (χ1n) is 9.44. The van der Waals surface area contributed by atoms with Crippen LogP contribution in [0.15, 0.2) is 24.5 Å². The minimum Gasteiger partial charge on any atom is -0.459 e. The van der Waals surface area contributed by atoms with Gasteiger partial charge in [-0.05, 0) is 57.1 Å². The number of hydrogen-bond acceptors (Lipinski definition) is 4. The molecule has 0 aliphatic heterocycles. The third kappa shape index (κ3) is 4.75. The highest BCUT2D eigenvalue weighted by atomic mass is 32.1. The van der Waals surface area contributed by atoms with Crippen LogP contribution in [0.2, 0.25) is 0 Å². The molecule has 1 atom stereocenters. The standard InChI is InChI=1S/C21H26N2O3S/c1-13(2)26-21(25)19-16-6-5-15(4)11-17(16)27-20(19)22-18(24)12-23-9-7-14(3)8-10-23/h7-10,13,15H,5-6,11-12H2,1-4H3/p+1/t15-/m0/s1. The molecule has 1 aliphatic carbocycles. The summed E-state index contributed by atoms with van der Waals surface area (Å²) in [6.07, 6.45) is 6.43. The summed E-state index contributed by atoms with van der Waals surface area (Å²) >= 11 is 1.52. The molecule has 0 fully saturated rings. The average molecular weight is 388 g/mol. The molecule has 0 unspecified atom stereocenters. The molecule has 3 rings (SSSR count). The molecule has 0 saturated heterocycles. The van der Waals surface area contributed by atoms with Crippen LogP contribution in [-0.4, -0.2) is 18.0 Å². The summed E-state index contributed by atoms with van der Waals surface area (Å²) in [7, 11) is 0. The molecule has 2 aromatic heterocycles. The van der Waals surface area contributed by atoms with Gasteiger partial charge in [0, 0.05) is 17.0 Å². The topological polar surface area (TPSA) is 59.3 Å². The number of hydrogen-bond donors (Lipinski definition) is 1. The lowest BCUT2D eigenvalue weighted by Gasteiger charge is -2.18. The summed E-state index contributed by atoms with van der Waals surface area (Å²) in [6, 6.07) is 3.92. The van der Waals surface area contributed by atoms with Gasteiger partial charge >= 0.3 is 5.97 Å². The molecule has 0 spiro atoms. The Morgan fingerprint density at radius 2 is 2.04 bits per heavy atom. The van der Waals surface area contributed by atoms with Gasteiger partial charge in [-0.1, -0.05) is 6.92 Å². The van der Waals surface area contributed by atoms with Gasteiger partial charge < -0.3 is 10.1 Å². The number of aromatic nitrogens is 1. The Morgan fingerprint density at radius 1 is 1.33 bits per heavy atom. The summed E-state index contributed by atoms with van der Waals surface area (Å²) < 4.78 is 7.28. The molecule has 2 heterocycles. The number of aryl methyl sites for hydroxylation is 1. The number of esters is 1. The summed E-state index contributed by atoms with van der Waals surface area (Å²) in [5.41, 5.74) is 2.75. The molecule has 27 heavy (non-hydrogen) atoms. The lowest BCUT2D eigenvalue weighted by atomic mass is 9.88. The van der Waals surface area contributed by atoms with Crippen molar-refractivity contribution in [3.63, 3.8) is 0 Å². The van der Waals surface area contributed by atoms with Crippen LogP contribution >= 0.6 is 11.3 Å². The van der Waals surface area contributed by atoms with Crippen molar-refractivity contribution < 1.29 is 18.9 Å². The Balaban J connectivity index is 1.83. The highest BCUT2D eigenvalue weighted by Gasteiger charge is 2.30. The Labute approximate surface area is 164 Å². The van der Waals surface area contributed by atoms with Crippen LogP contribution in [-0.2, 0) is 28.9 Å². The maximum Gasteiger partial charge on any atom is 0.341 e. The molecule has 2 aromatic rings. The first-order chi connectivity index (χ1) is 12.8. The molecule has 1 aliphatic rings. The van der Waals surface area contributed by atoms with E-state index in [1.54, 1.807) is 0 Å². The predicted molar refractivity (Wildman–Crippen MR) is 106 cm³/mol. The number of carbonyl (C=O) groups is 2. The summed E-state index contributed by atoms with van der Waals surface area (Å²) in [5, 5.41) is 3.58. The van der Waals surface area contributed by atoms with Crippen LogP contribution < -0.4 is 9.88 Å². The molecule has 0 radical (unpaired) electrons. The fraction of sp³-hybridized carbons (Fsp3) is 0.476. The van der Waals surface area contributed by atoms with Gasteiger partial charge in [0.25, 0.3) is 5.91 Å². The quantitative estimate of drug-likeness (QED) is 0.629. The third-order valence-electron chi connectivity index (χ3n) is 4.70. The van der Waals surface area contributed by atoms with Crippen molar-refractivity contribution in [1.82, 2.24) is 0 Å². The second kappa shape index (κ2) is 8.21.